The fourth-order valence-electron chi connectivity index (χ4n) is 3.07. The zero-order chi connectivity index (χ0) is 17.8. The second-order valence-corrected chi connectivity index (χ2v) is 6.14. The Morgan fingerprint density at radius 1 is 0.960 bits per heavy atom. The standard InChI is InChI=1S/C20H22N2O3/c1-15-8-9-16(20(24)25-2)14-18(15)19(23)22-12-10-21(11-13-22)17-6-4-3-5-7-17/h3-9,14H,10-13H2,1-2H3. The van der Waals surface area contributed by atoms with Crippen LogP contribution in [0.4, 0.5) is 5.69 Å². The summed E-state index contributed by atoms with van der Waals surface area (Å²) in [7, 11) is 1.34. The third-order valence-corrected chi connectivity index (χ3v) is 4.58. The van der Waals surface area contributed by atoms with E-state index in [1.165, 1.54) is 12.8 Å². The Labute approximate surface area is 147 Å². The SMILES string of the molecule is COC(=O)c1ccc(C)c(C(=O)N2CCN(c3ccccc3)CC2)c1. The second-order valence-electron chi connectivity index (χ2n) is 6.14. The molecule has 25 heavy (non-hydrogen) atoms. The van der Waals surface area contributed by atoms with Crippen LogP contribution in [0.3, 0.4) is 0 Å². The van der Waals surface area contributed by atoms with Crippen molar-refractivity contribution < 1.29 is 14.3 Å². The summed E-state index contributed by atoms with van der Waals surface area (Å²) < 4.78 is 4.75. The molecule has 0 unspecified atom stereocenters. The number of amides is 1. The van der Waals surface area contributed by atoms with Gasteiger partial charge in [-0.25, -0.2) is 4.79 Å². The number of hydrogen-bond donors (Lipinski definition) is 0. The average Bonchev–Trinajstić information content (AvgIpc) is 2.68. The summed E-state index contributed by atoms with van der Waals surface area (Å²) in [5.74, 6) is -0.459. The second kappa shape index (κ2) is 7.38. The van der Waals surface area contributed by atoms with Crippen LogP contribution in [0, 0.1) is 6.92 Å². The molecule has 1 aliphatic heterocycles. The van der Waals surface area contributed by atoms with Crippen LogP contribution >= 0.6 is 0 Å². The Morgan fingerprint density at radius 3 is 2.28 bits per heavy atom. The predicted molar refractivity (Wildman–Crippen MR) is 97.1 cm³/mol. The third-order valence-electron chi connectivity index (χ3n) is 4.58. The molecule has 1 fully saturated rings. The van der Waals surface area contributed by atoms with Gasteiger partial charge in [-0.1, -0.05) is 24.3 Å². The minimum Gasteiger partial charge on any atom is -0.465 e. The van der Waals surface area contributed by atoms with Crippen molar-refractivity contribution in [2.24, 2.45) is 0 Å². The number of rotatable bonds is 3. The van der Waals surface area contributed by atoms with E-state index in [2.05, 4.69) is 17.0 Å². The highest BCUT2D eigenvalue weighted by molar-refractivity contribution is 5.99. The molecule has 2 aromatic rings. The van der Waals surface area contributed by atoms with E-state index < -0.39 is 5.97 Å². The zero-order valence-corrected chi connectivity index (χ0v) is 14.6. The highest BCUT2D eigenvalue weighted by Crippen LogP contribution is 2.19. The molecule has 2 aromatic carbocycles. The molecule has 0 aliphatic carbocycles. The summed E-state index contributed by atoms with van der Waals surface area (Å²) in [4.78, 5) is 28.7. The van der Waals surface area contributed by atoms with Gasteiger partial charge >= 0.3 is 5.97 Å². The van der Waals surface area contributed by atoms with Gasteiger partial charge in [-0.2, -0.15) is 0 Å². The molecule has 3 rings (SSSR count). The maximum Gasteiger partial charge on any atom is 0.337 e. The summed E-state index contributed by atoms with van der Waals surface area (Å²) in [6.07, 6.45) is 0. The van der Waals surface area contributed by atoms with E-state index in [9.17, 15) is 9.59 Å². The Kier molecular flexibility index (Phi) is 5.03. The number of carbonyl (C=O) groups excluding carboxylic acids is 2. The Hall–Kier alpha value is -2.82. The topological polar surface area (TPSA) is 49.9 Å². The molecule has 0 bridgehead atoms. The number of hydrogen-bond acceptors (Lipinski definition) is 4. The highest BCUT2D eigenvalue weighted by atomic mass is 16.5. The van der Waals surface area contributed by atoms with Crippen LogP contribution in [0.2, 0.25) is 0 Å². The molecule has 1 saturated heterocycles. The number of esters is 1. The number of benzene rings is 2. The van der Waals surface area contributed by atoms with Gasteiger partial charge < -0.3 is 14.5 Å². The summed E-state index contributed by atoms with van der Waals surface area (Å²) in [6.45, 7) is 4.80. The normalized spacial score (nSPS) is 14.3. The Morgan fingerprint density at radius 2 is 1.64 bits per heavy atom. The number of methoxy groups -OCH3 is 1. The number of piperazine rings is 1. The molecule has 1 aliphatic rings. The lowest BCUT2D eigenvalue weighted by atomic mass is 10.0. The van der Waals surface area contributed by atoms with Gasteiger partial charge in [0.05, 0.1) is 12.7 Å². The average molecular weight is 338 g/mol. The van der Waals surface area contributed by atoms with E-state index in [4.69, 9.17) is 4.74 Å². The van der Waals surface area contributed by atoms with Crippen LogP contribution in [-0.2, 0) is 4.74 Å². The molecule has 0 radical (unpaired) electrons. The molecule has 0 atom stereocenters. The highest BCUT2D eigenvalue weighted by Gasteiger charge is 2.24. The molecule has 0 saturated carbocycles. The molecule has 0 spiro atoms. The third kappa shape index (κ3) is 3.65. The molecular formula is C20H22N2O3. The monoisotopic (exact) mass is 338 g/mol. The molecular weight excluding hydrogens is 316 g/mol. The van der Waals surface area contributed by atoms with Crippen molar-refractivity contribution in [3.8, 4) is 0 Å². The predicted octanol–water partition coefficient (Wildman–Crippen LogP) is 2.74. The van der Waals surface area contributed by atoms with Gasteiger partial charge in [0.15, 0.2) is 0 Å². The van der Waals surface area contributed by atoms with Crippen molar-refractivity contribution in [2.45, 2.75) is 6.92 Å². The van der Waals surface area contributed by atoms with Crippen LogP contribution in [0.15, 0.2) is 48.5 Å². The van der Waals surface area contributed by atoms with Crippen LogP contribution in [0.1, 0.15) is 26.3 Å². The first kappa shape index (κ1) is 17.0. The molecule has 130 valence electrons. The van der Waals surface area contributed by atoms with Crippen molar-refractivity contribution >= 4 is 17.6 Å². The molecule has 0 N–H and O–H groups in total. The first-order valence-electron chi connectivity index (χ1n) is 8.38. The maximum absolute atomic E-state index is 12.9. The van der Waals surface area contributed by atoms with Crippen LogP contribution in [0.5, 0.6) is 0 Å². The van der Waals surface area contributed by atoms with E-state index in [1.54, 1.807) is 18.2 Å². The van der Waals surface area contributed by atoms with Gasteiger partial charge in [0, 0.05) is 37.4 Å². The van der Waals surface area contributed by atoms with Crippen LogP contribution in [-0.4, -0.2) is 50.1 Å². The number of anilines is 1. The Balaban J connectivity index is 1.71. The number of carbonyl (C=O) groups is 2. The lowest BCUT2D eigenvalue weighted by Crippen LogP contribution is -2.49. The fraction of sp³-hybridized carbons (Fsp3) is 0.300. The first-order valence-corrected chi connectivity index (χ1v) is 8.38. The maximum atomic E-state index is 12.9. The van der Waals surface area contributed by atoms with Gasteiger partial charge in [-0.15, -0.1) is 0 Å². The lowest BCUT2D eigenvalue weighted by molar-refractivity contribution is 0.0600. The quantitative estimate of drug-likeness (QED) is 0.808. The van der Waals surface area contributed by atoms with Gasteiger partial charge in [0.25, 0.3) is 5.91 Å². The lowest BCUT2D eigenvalue weighted by Gasteiger charge is -2.36. The van der Waals surface area contributed by atoms with E-state index in [1.807, 2.05) is 30.0 Å². The molecule has 1 amide bonds. The largest absolute Gasteiger partial charge is 0.465 e. The fourth-order valence-corrected chi connectivity index (χ4v) is 3.07. The van der Waals surface area contributed by atoms with Crippen molar-refractivity contribution in [3.05, 3.63) is 65.2 Å². The minimum atomic E-state index is -0.428. The minimum absolute atomic E-state index is 0.0315. The van der Waals surface area contributed by atoms with Crippen molar-refractivity contribution in [1.82, 2.24) is 4.90 Å². The molecule has 0 aromatic heterocycles. The van der Waals surface area contributed by atoms with E-state index >= 15 is 0 Å². The summed E-state index contributed by atoms with van der Waals surface area (Å²) in [5.41, 5.74) is 3.01. The molecule has 5 nitrogen and oxygen atoms in total. The van der Waals surface area contributed by atoms with Crippen LogP contribution in [0.25, 0.3) is 0 Å². The zero-order valence-electron chi connectivity index (χ0n) is 14.6. The van der Waals surface area contributed by atoms with Gasteiger partial charge in [-0.05, 0) is 36.8 Å². The number of nitrogens with zero attached hydrogens (tertiary/aromatic N) is 2. The van der Waals surface area contributed by atoms with Gasteiger partial charge in [0.2, 0.25) is 0 Å². The summed E-state index contributed by atoms with van der Waals surface area (Å²) in [6, 6.07) is 15.3. The van der Waals surface area contributed by atoms with E-state index in [-0.39, 0.29) is 5.91 Å². The summed E-state index contributed by atoms with van der Waals surface area (Å²) >= 11 is 0. The Bertz CT molecular complexity index is 766. The van der Waals surface area contributed by atoms with Gasteiger partial charge in [0.1, 0.15) is 0 Å². The van der Waals surface area contributed by atoms with E-state index in [0.29, 0.717) is 24.2 Å². The smallest absolute Gasteiger partial charge is 0.337 e. The van der Waals surface area contributed by atoms with Gasteiger partial charge in [-0.3, -0.25) is 4.79 Å². The van der Waals surface area contributed by atoms with Crippen molar-refractivity contribution in [2.75, 3.05) is 38.2 Å². The first-order chi connectivity index (χ1) is 12.1. The summed E-state index contributed by atoms with van der Waals surface area (Å²) in [5, 5.41) is 0. The van der Waals surface area contributed by atoms with Crippen molar-refractivity contribution in [1.29, 1.82) is 0 Å². The van der Waals surface area contributed by atoms with Crippen LogP contribution < -0.4 is 4.90 Å². The number of ether oxygens (including phenoxy) is 1. The molecule has 1 heterocycles. The molecule has 5 heteroatoms. The number of aryl methyl sites for hydroxylation is 1. The van der Waals surface area contributed by atoms with E-state index in [0.717, 1.165) is 18.7 Å². The number of para-hydroxylation sites is 1. The van der Waals surface area contributed by atoms with Crippen molar-refractivity contribution in [3.63, 3.8) is 0 Å².